The third kappa shape index (κ3) is 3.62. The van der Waals surface area contributed by atoms with Crippen molar-refractivity contribution in [2.24, 2.45) is 5.92 Å². The van der Waals surface area contributed by atoms with E-state index in [2.05, 4.69) is 16.0 Å². The number of carbonyl (C=O) groups is 2. The Morgan fingerprint density at radius 2 is 2.14 bits per heavy atom. The van der Waals surface area contributed by atoms with E-state index in [1.807, 2.05) is 25.9 Å². The number of halogens is 1. The summed E-state index contributed by atoms with van der Waals surface area (Å²) in [6, 6.07) is 4.36. The number of amides is 3. The smallest absolute Gasteiger partial charge is 0.319 e. The fourth-order valence-corrected chi connectivity index (χ4v) is 2.88. The molecule has 2 rings (SSSR count). The highest BCUT2D eigenvalue weighted by molar-refractivity contribution is 6.34. The van der Waals surface area contributed by atoms with Gasteiger partial charge in [-0.3, -0.25) is 4.79 Å². The van der Waals surface area contributed by atoms with E-state index in [-0.39, 0.29) is 11.8 Å². The summed E-state index contributed by atoms with van der Waals surface area (Å²) in [6.07, 6.45) is 0.844. The van der Waals surface area contributed by atoms with Crippen LogP contribution in [0.2, 0.25) is 5.02 Å². The van der Waals surface area contributed by atoms with Crippen LogP contribution in [0.1, 0.15) is 13.3 Å². The van der Waals surface area contributed by atoms with Gasteiger partial charge in [-0.05, 0) is 24.5 Å². The molecular weight excluding hydrogens is 304 g/mol. The monoisotopic (exact) mass is 324 g/mol. The molecule has 0 saturated carbocycles. The second-order valence-corrected chi connectivity index (χ2v) is 6.07. The van der Waals surface area contributed by atoms with E-state index in [4.69, 9.17) is 11.6 Å². The summed E-state index contributed by atoms with van der Waals surface area (Å²) < 4.78 is 0. The number of hydrogen-bond donors (Lipinski definition) is 3. The molecule has 0 radical (unpaired) electrons. The predicted octanol–water partition coefficient (Wildman–Crippen LogP) is 2.05. The van der Waals surface area contributed by atoms with Gasteiger partial charge in [0.1, 0.15) is 6.04 Å². The molecule has 2 atom stereocenters. The van der Waals surface area contributed by atoms with Crippen LogP contribution in [-0.4, -0.2) is 38.6 Å². The summed E-state index contributed by atoms with van der Waals surface area (Å²) in [7, 11) is 3.70. The molecule has 1 heterocycles. The summed E-state index contributed by atoms with van der Waals surface area (Å²) in [5, 5.41) is 8.80. The summed E-state index contributed by atoms with van der Waals surface area (Å²) in [6.45, 7) is 2.60. The van der Waals surface area contributed by atoms with Crippen molar-refractivity contribution in [1.82, 2.24) is 10.6 Å². The zero-order chi connectivity index (χ0) is 16.3. The highest BCUT2D eigenvalue weighted by Crippen LogP contribution is 2.32. The number of carbonyl (C=O) groups excluding carboxylic acids is 2. The molecule has 22 heavy (non-hydrogen) atoms. The largest absolute Gasteiger partial charge is 0.375 e. The highest BCUT2D eigenvalue weighted by Gasteiger charge is 2.30. The number of piperidine rings is 1. The Morgan fingerprint density at radius 3 is 2.77 bits per heavy atom. The van der Waals surface area contributed by atoms with Crippen LogP contribution in [0.25, 0.3) is 0 Å². The first-order valence-electron chi connectivity index (χ1n) is 7.21. The molecule has 7 heteroatoms. The molecule has 6 nitrogen and oxygen atoms in total. The minimum absolute atomic E-state index is 0.104. The molecule has 1 aromatic carbocycles. The fraction of sp³-hybridized carbons (Fsp3) is 0.467. The molecule has 0 aliphatic carbocycles. The molecule has 1 aromatic rings. The Hall–Kier alpha value is -1.95. The first kappa shape index (κ1) is 16.4. The van der Waals surface area contributed by atoms with Crippen LogP contribution in [0.3, 0.4) is 0 Å². The van der Waals surface area contributed by atoms with Gasteiger partial charge < -0.3 is 20.9 Å². The first-order chi connectivity index (χ1) is 10.4. The van der Waals surface area contributed by atoms with Crippen molar-refractivity contribution in [3.05, 3.63) is 23.2 Å². The maximum Gasteiger partial charge on any atom is 0.319 e. The molecule has 1 aliphatic heterocycles. The SMILES string of the molecule is C[C@@H]1CCNC(=O)[C@H]1NC(=O)Nc1cccc(Cl)c1N(C)C. The fourth-order valence-electron chi connectivity index (χ4n) is 2.54. The highest BCUT2D eigenvalue weighted by atomic mass is 35.5. The van der Waals surface area contributed by atoms with Gasteiger partial charge in [-0.2, -0.15) is 0 Å². The molecule has 0 bridgehead atoms. The number of nitrogens with zero attached hydrogens (tertiary/aromatic N) is 1. The normalized spacial score (nSPS) is 21.0. The number of hydrogen-bond acceptors (Lipinski definition) is 3. The number of urea groups is 1. The molecular formula is C15H21ClN4O2. The van der Waals surface area contributed by atoms with Crippen molar-refractivity contribution in [1.29, 1.82) is 0 Å². The number of benzene rings is 1. The van der Waals surface area contributed by atoms with E-state index >= 15 is 0 Å². The molecule has 1 fully saturated rings. The number of nitrogens with one attached hydrogen (secondary N) is 3. The van der Waals surface area contributed by atoms with E-state index in [0.29, 0.717) is 17.3 Å². The second-order valence-electron chi connectivity index (χ2n) is 5.66. The van der Waals surface area contributed by atoms with E-state index in [0.717, 1.165) is 12.1 Å². The Labute approximate surface area is 135 Å². The summed E-state index contributed by atoms with van der Waals surface area (Å²) in [4.78, 5) is 25.9. The molecule has 120 valence electrons. The zero-order valence-corrected chi connectivity index (χ0v) is 13.7. The standard InChI is InChI=1S/C15H21ClN4O2/c1-9-7-8-17-14(21)12(9)19-15(22)18-11-6-4-5-10(16)13(11)20(2)3/h4-6,9,12H,7-8H2,1-3H3,(H,17,21)(H2,18,19,22)/t9-,12+/m1/s1. The van der Waals surface area contributed by atoms with Crippen molar-refractivity contribution < 1.29 is 9.59 Å². The van der Waals surface area contributed by atoms with Crippen molar-refractivity contribution in [2.45, 2.75) is 19.4 Å². The minimum atomic E-state index is -0.518. The van der Waals surface area contributed by atoms with Gasteiger partial charge in [-0.25, -0.2) is 4.79 Å². The van der Waals surface area contributed by atoms with Crippen LogP contribution in [0.5, 0.6) is 0 Å². The third-order valence-corrected chi connectivity index (χ3v) is 4.02. The Balaban J connectivity index is 2.09. The van der Waals surface area contributed by atoms with Gasteiger partial charge in [0.15, 0.2) is 0 Å². The maximum absolute atomic E-state index is 12.2. The van der Waals surface area contributed by atoms with E-state index in [1.165, 1.54) is 0 Å². The van der Waals surface area contributed by atoms with Crippen molar-refractivity contribution in [2.75, 3.05) is 30.9 Å². The van der Waals surface area contributed by atoms with Crippen molar-refractivity contribution >= 4 is 34.9 Å². The lowest BCUT2D eigenvalue weighted by Gasteiger charge is -2.29. The molecule has 0 unspecified atom stereocenters. The second kappa shape index (κ2) is 6.87. The lowest BCUT2D eigenvalue weighted by molar-refractivity contribution is -0.125. The molecule has 1 saturated heterocycles. The van der Waals surface area contributed by atoms with Crippen LogP contribution in [0, 0.1) is 5.92 Å². The van der Waals surface area contributed by atoms with Crippen LogP contribution in [0.15, 0.2) is 18.2 Å². The van der Waals surface area contributed by atoms with Gasteiger partial charge in [0, 0.05) is 20.6 Å². The molecule has 0 spiro atoms. The Morgan fingerprint density at radius 1 is 1.41 bits per heavy atom. The van der Waals surface area contributed by atoms with E-state index < -0.39 is 12.1 Å². The van der Waals surface area contributed by atoms with Gasteiger partial charge >= 0.3 is 6.03 Å². The summed E-state index contributed by atoms with van der Waals surface area (Å²) >= 11 is 6.17. The van der Waals surface area contributed by atoms with E-state index in [1.54, 1.807) is 18.2 Å². The van der Waals surface area contributed by atoms with Crippen molar-refractivity contribution in [3.63, 3.8) is 0 Å². The van der Waals surface area contributed by atoms with Crippen LogP contribution in [0.4, 0.5) is 16.2 Å². The maximum atomic E-state index is 12.2. The number of rotatable bonds is 3. The Bertz CT molecular complexity index is 577. The average Bonchev–Trinajstić information content (AvgIpc) is 2.42. The predicted molar refractivity (Wildman–Crippen MR) is 88.5 cm³/mol. The zero-order valence-electron chi connectivity index (χ0n) is 12.9. The quantitative estimate of drug-likeness (QED) is 0.796. The minimum Gasteiger partial charge on any atom is -0.375 e. The van der Waals surface area contributed by atoms with Crippen molar-refractivity contribution in [3.8, 4) is 0 Å². The van der Waals surface area contributed by atoms with E-state index in [9.17, 15) is 9.59 Å². The number of anilines is 2. The number of para-hydroxylation sites is 1. The molecule has 3 N–H and O–H groups in total. The molecule has 3 amide bonds. The lowest BCUT2D eigenvalue weighted by Crippen LogP contribution is -2.55. The van der Waals surface area contributed by atoms with Gasteiger partial charge in [0.2, 0.25) is 5.91 Å². The topological polar surface area (TPSA) is 73.5 Å². The van der Waals surface area contributed by atoms with Crippen LogP contribution < -0.4 is 20.9 Å². The van der Waals surface area contributed by atoms with Crippen LogP contribution in [-0.2, 0) is 4.79 Å². The molecule has 1 aliphatic rings. The van der Waals surface area contributed by atoms with Crippen LogP contribution >= 0.6 is 11.6 Å². The Kier molecular flexibility index (Phi) is 5.13. The molecule has 0 aromatic heterocycles. The third-order valence-electron chi connectivity index (χ3n) is 3.72. The van der Waals surface area contributed by atoms with Gasteiger partial charge in [0.05, 0.1) is 16.4 Å². The average molecular weight is 325 g/mol. The summed E-state index contributed by atoms with van der Waals surface area (Å²) in [5.74, 6) is -0.0417. The lowest BCUT2D eigenvalue weighted by atomic mass is 9.94. The summed E-state index contributed by atoms with van der Waals surface area (Å²) in [5.41, 5.74) is 1.32. The first-order valence-corrected chi connectivity index (χ1v) is 7.59. The van der Waals surface area contributed by atoms with Gasteiger partial charge in [-0.15, -0.1) is 0 Å². The van der Waals surface area contributed by atoms with Gasteiger partial charge in [-0.1, -0.05) is 24.6 Å². The van der Waals surface area contributed by atoms with Gasteiger partial charge in [0.25, 0.3) is 0 Å².